The minimum Gasteiger partial charge on any atom is -0.368 e. The van der Waals surface area contributed by atoms with E-state index in [4.69, 9.17) is 11.0 Å². The largest absolute Gasteiger partial charge is 0.416 e. The molecule has 108 valence electrons. The van der Waals surface area contributed by atoms with Gasteiger partial charge in [-0.1, -0.05) is 0 Å². The van der Waals surface area contributed by atoms with E-state index >= 15 is 0 Å². The fourth-order valence-electron chi connectivity index (χ4n) is 1.52. The highest BCUT2D eigenvalue weighted by Crippen LogP contribution is 2.32. The summed E-state index contributed by atoms with van der Waals surface area (Å²) >= 11 is 0. The summed E-state index contributed by atoms with van der Waals surface area (Å²) < 4.78 is 51.1. The number of hydrogen-bond donors (Lipinski definition) is 2. The van der Waals surface area contributed by atoms with Gasteiger partial charge in [-0.3, -0.25) is 0 Å². The molecule has 0 aliphatic rings. The highest BCUT2D eigenvalue weighted by molar-refractivity contribution is 5.65. The Kier molecular flexibility index (Phi) is 3.62. The zero-order chi connectivity index (χ0) is 15.6. The number of rotatable bonds is 2. The number of anilines is 3. The monoisotopic (exact) mass is 297 g/mol. The van der Waals surface area contributed by atoms with Gasteiger partial charge in [0.1, 0.15) is 6.07 Å². The first-order valence-electron chi connectivity index (χ1n) is 5.47. The number of benzene rings is 1. The smallest absolute Gasteiger partial charge is 0.368 e. The Labute approximate surface area is 116 Å². The summed E-state index contributed by atoms with van der Waals surface area (Å²) in [6.07, 6.45) is -3.77. The number of aromatic nitrogens is 2. The molecule has 9 heteroatoms. The van der Waals surface area contributed by atoms with Crippen LogP contribution in [0.5, 0.6) is 0 Å². The van der Waals surface area contributed by atoms with Gasteiger partial charge < -0.3 is 11.1 Å². The van der Waals surface area contributed by atoms with Gasteiger partial charge >= 0.3 is 6.18 Å². The van der Waals surface area contributed by atoms with Gasteiger partial charge in [0.05, 0.1) is 23.0 Å². The van der Waals surface area contributed by atoms with Gasteiger partial charge in [0.2, 0.25) is 5.95 Å². The lowest BCUT2D eigenvalue weighted by atomic mass is 10.1. The average molecular weight is 297 g/mol. The molecule has 0 unspecified atom stereocenters. The highest BCUT2D eigenvalue weighted by atomic mass is 19.4. The van der Waals surface area contributed by atoms with Crippen molar-refractivity contribution >= 4 is 17.5 Å². The van der Waals surface area contributed by atoms with Gasteiger partial charge in [-0.25, -0.2) is 9.37 Å². The second-order valence-corrected chi connectivity index (χ2v) is 3.92. The van der Waals surface area contributed by atoms with E-state index in [9.17, 15) is 17.6 Å². The van der Waals surface area contributed by atoms with Crippen LogP contribution in [0.3, 0.4) is 0 Å². The van der Waals surface area contributed by atoms with Gasteiger partial charge in [-0.05, 0) is 18.2 Å². The summed E-state index contributed by atoms with van der Waals surface area (Å²) in [5.41, 5.74) is 3.98. The van der Waals surface area contributed by atoms with Crippen molar-refractivity contribution in [2.24, 2.45) is 0 Å². The van der Waals surface area contributed by atoms with E-state index in [1.807, 2.05) is 0 Å². The number of nitrogen functional groups attached to an aromatic ring is 1. The quantitative estimate of drug-likeness (QED) is 0.832. The molecule has 0 aliphatic heterocycles. The lowest BCUT2D eigenvalue weighted by Gasteiger charge is -2.11. The zero-order valence-electron chi connectivity index (χ0n) is 10.2. The Morgan fingerprint density at radius 1 is 1.29 bits per heavy atom. The third-order valence-electron chi connectivity index (χ3n) is 2.48. The molecule has 0 fully saturated rings. The molecule has 5 nitrogen and oxygen atoms in total. The Morgan fingerprint density at radius 3 is 2.62 bits per heavy atom. The first-order valence-corrected chi connectivity index (χ1v) is 5.47. The molecule has 0 saturated heterocycles. The van der Waals surface area contributed by atoms with Crippen LogP contribution in [0.2, 0.25) is 0 Å². The van der Waals surface area contributed by atoms with Gasteiger partial charge in [-0.2, -0.15) is 23.4 Å². The lowest BCUT2D eigenvalue weighted by Crippen LogP contribution is -2.07. The van der Waals surface area contributed by atoms with Crippen LogP contribution < -0.4 is 11.1 Å². The number of halogens is 4. The maximum Gasteiger partial charge on any atom is 0.416 e. The SMILES string of the molecule is N#Cc1cc(C(F)(F)F)ccc1Nc1nc(N)ncc1F. The van der Waals surface area contributed by atoms with Crippen LogP contribution in [-0.2, 0) is 6.18 Å². The summed E-state index contributed by atoms with van der Waals surface area (Å²) in [5.74, 6) is -1.41. The van der Waals surface area contributed by atoms with Gasteiger partial charge in [0, 0.05) is 0 Å². The van der Waals surface area contributed by atoms with Crippen LogP contribution in [-0.4, -0.2) is 9.97 Å². The van der Waals surface area contributed by atoms with E-state index in [1.54, 1.807) is 6.07 Å². The third-order valence-corrected chi connectivity index (χ3v) is 2.48. The normalized spacial score (nSPS) is 11.0. The molecule has 1 heterocycles. The summed E-state index contributed by atoms with van der Waals surface area (Å²) in [4.78, 5) is 6.97. The average Bonchev–Trinajstić information content (AvgIpc) is 2.42. The Hall–Kier alpha value is -2.89. The third kappa shape index (κ3) is 3.17. The Balaban J connectivity index is 2.41. The molecule has 0 spiro atoms. The fourth-order valence-corrected chi connectivity index (χ4v) is 1.52. The van der Waals surface area contributed by atoms with Crippen molar-refractivity contribution in [2.75, 3.05) is 11.1 Å². The number of alkyl halides is 3. The molecule has 2 rings (SSSR count). The summed E-state index contributed by atoms with van der Waals surface area (Å²) in [6, 6.07) is 4.04. The summed E-state index contributed by atoms with van der Waals surface area (Å²) in [6.45, 7) is 0. The number of nitriles is 1. The predicted molar refractivity (Wildman–Crippen MR) is 65.8 cm³/mol. The molecule has 1 aromatic heterocycles. The van der Waals surface area contributed by atoms with Crippen molar-refractivity contribution in [3.8, 4) is 6.07 Å². The second kappa shape index (κ2) is 5.24. The number of nitrogens with one attached hydrogen (secondary N) is 1. The lowest BCUT2D eigenvalue weighted by molar-refractivity contribution is -0.137. The first-order chi connectivity index (χ1) is 9.81. The molecule has 21 heavy (non-hydrogen) atoms. The van der Waals surface area contributed by atoms with E-state index in [0.29, 0.717) is 6.07 Å². The molecule has 0 radical (unpaired) electrons. The molecule has 0 aliphatic carbocycles. The van der Waals surface area contributed by atoms with Crippen molar-refractivity contribution in [1.82, 2.24) is 9.97 Å². The predicted octanol–water partition coefficient (Wildman–Crippen LogP) is 2.83. The molecule has 0 saturated carbocycles. The number of nitrogens with two attached hydrogens (primary N) is 1. The number of nitrogens with zero attached hydrogens (tertiary/aromatic N) is 3. The highest BCUT2D eigenvalue weighted by Gasteiger charge is 2.31. The van der Waals surface area contributed by atoms with Crippen LogP contribution in [0.25, 0.3) is 0 Å². The minimum absolute atomic E-state index is 0.0255. The van der Waals surface area contributed by atoms with E-state index in [-0.39, 0.29) is 23.0 Å². The first kappa shape index (κ1) is 14.5. The topological polar surface area (TPSA) is 87.6 Å². The standard InChI is InChI=1S/C12H7F4N5/c13-8-5-19-11(18)21-10(8)20-9-2-1-7(12(14,15)16)3-6(9)4-17/h1-3,5H,(H3,18,19,20,21). The van der Waals surface area contributed by atoms with Crippen molar-refractivity contribution in [3.63, 3.8) is 0 Å². The van der Waals surface area contributed by atoms with E-state index in [1.165, 1.54) is 0 Å². The maximum absolute atomic E-state index is 13.5. The Bertz CT molecular complexity index is 721. The number of hydrogen-bond acceptors (Lipinski definition) is 5. The Morgan fingerprint density at radius 2 is 2.00 bits per heavy atom. The van der Waals surface area contributed by atoms with Gasteiger partial charge in [0.25, 0.3) is 0 Å². The van der Waals surface area contributed by atoms with E-state index < -0.39 is 17.6 Å². The van der Waals surface area contributed by atoms with E-state index in [2.05, 4.69) is 15.3 Å². The zero-order valence-corrected chi connectivity index (χ0v) is 10.2. The molecule has 1 aromatic carbocycles. The molecule has 3 N–H and O–H groups in total. The second-order valence-electron chi connectivity index (χ2n) is 3.92. The molecular weight excluding hydrogens is 290 g/mol. The molecule has 0 atom stereocenters. The van der Waals surface area contributed by atoms with Crippen molar-refractivity contribution in [3.05, 3.63) is 41.3 Å². The fraction of sp³-hybridized carbons (Fsp3) is 0.0833. The maximum atomic E-state index is 13.5. The van der Waals surface area contributed by atoms with Crippen LogP contribution in [0.4, 0.5) is 35.0 Å². The molecular formula is C12H7F4N5. The van der Waals surface area contributed by atoms with Gasteiger partial charge in [-0.15, -0.1) is 0 Å². The molecule has 0 bridgehead atoms. The van der Waals surface area contributed by atoms with Crippen LogP contribution >= 0.6 is 0 Å². The van der Waals surface area contributed by atoms with Crippen LogP contribution in [0.15, 0.2) is 24.4 Å². The van der Waals surface area contributed by atoms with Crippen molar-refractivity contribution in [1.29, 1.82) is 5.26 Å². The van der Waals surface area contributed by atoms with Crippen molar-refractivity contribution < 1.29 is 17.6 Å². The van der Waals surface area contributed by atoms with E-state index in [0.717, 1.165) is 18.3 Å². The molecule has 2 aromatic rings. The van der Waals surface area contributed by atoms with Crippen LogP contribution in [0, 0.1) is 17.1 Å². The van der Waals surface area contributed by atoms with Crippen molar-refractivity contribution in [2.45, 2.75) is 6.18 Å². The van der Waals surface area contributed by atoms with Gasteiger partial charge in [0.15, 0.2) is 11.6 Å². The molecule has 0 amide bonds. The van der Waals surface area contributed by atoms with Crippen LogP contribution in [0.1, 0.15) is 11.1 Å². The minimum atomic E-state index is -4.57. The summed E-state index contributed by atoms with van der Waals surface area (Å²) in [5, 5.41) is 11.3. The summed E-state index contributed by atoms with van der Waals surface area (Å²) in [7, 11) is 0.